The highest BCUT2D eigenvalue weighted by atomic mass is 14.6. The highest BCUT2D eigenvalue weighted by Gasteiger charge is 2.54. The fourth-order valence-electron chi connectivity index (χ4n) is 3.42. The van der Waals surface area contributed by atoms with Gasteiger partial charge in [0.05, 0.1) is 0 Å². The topological polar surface area (TPSA) is 0 Å². The number of rotatable bonds is 2. The van der Waals surface area contributed by atoms with Crippen molar-refractivity contribution in [3.8, 4) is 0 Å². The van der Waals surface area contributed by atoms with Gasteiger partial charge in [-0.2, -0.15) is 0 Å². The smallest absolute Gasteiger partial charge is 0.0349 e. The third kappa shape index (κ3) is 1.20. The molecule has 0 heteroatoms. The highest BCUT2D eigenvalue weighted by Crippen LogP contribution is 2.62. The summed E-state index contributed by atoms with van der Waals surface area (Å²) in [5.74, 6) is 6.28. The predicted molar refractivity (Wildman–Crippen MR) is 52.9 cm³/mol. The van der Waals surface area contributed by atoms with Crippen molar-refractivity contribution < 1.29 is 0 Å². The van der Waals surface area contributed by atoms with Crippen LogP contribution in [0.3, 0.4) is 0 Å². The number of fused-ring (bicyclic) bond motifs is 1. The Morgan fingerprint density at radius 3 is 1.42 bits per heavy atom. The number of hydrogen-bond acceptors (Lipinski definition) is 0. The summed E-state index contributed by atoms with van der Waals surface area (Å²) < 4.78 is 0. The van der Waals surface area contributed by atoms with E-state index in [0.29, 0.717) is 0 Å². The lowest BCUT2D eigenvalue weighted by Crippen LogP contribution is -2.13. The maximum Gasteiger partial charge on any atom is -0.0349 e. The molecule has 0 radical (unpaired) electrons. The van der Waals surface area contributed by atoms with Crippen LogP contribution in [0.4, 0.5) is 0 Å². The first-order valence-electron chi connectivity index (χ1n) is 5.61. The van der Waals surface area contributed by atoms with Crippen LogP contribution in [0.1, 0.15) is 40.5 Å². The first-order valence-corrected chi connectivity index (χ1v) is 5.61. The molecule has 2 saturated carbocycles. The van der Waals surface area contributed by atoms with Crippen molar-refractivity contribution in [3.63, 3.8) is 0 Å². The second kappa shape index (κ2) is 2.75. The summed E-state index contributed by atoms with van der Waals surface area (Å²) in [6.07, 6.45) is 3.09. The van der Waals surface area contributed by atoms with Crippen molar-refractivity contribution in [1.29, 1.82) is 0 Å². The minimum Gasteiger partial charge on any atom is -0.0625 e. The van der Waals surface area contributed by atoms with Crippen LogP contribution < -0.4 is 0 Å². The molecule has 0 aliphatic heterocycles. The minimum atomic E-state index is 0.934. The van der Waals surface area contributed by atoms with Crippen molar-refractivity contribution in [2.75, 3.05) is 0 Å². The molecule has 0 bridgehead atoms. The molecule has 2 rings (SSSR count). The van der Waals surface area contributed by atoms with Crippen LogP contribution in [-0.4, -0.2) is 0 Å². The van der Waals surface area contributed by atoms with Gasteiger partial charge >= 0.3 is 0 Å². The van der Waals surface area contributed by atoms with Gasteiger partial charge < -0.3 is 0 Å². The average Bonchev–Trinajstić information content (AvgIpc) is 2.63. The fraction of sp³-hybridized carbons (Fsp3) is 1.00. The zero-order valence-electron chi connectivity index (χ0n) is 8.88. The van der Waals surface area contributed by atoms with Gasteiger partial charge in [-0.15, -0.1) is 0 Å². The third-order valence-corrected chi connectivity index (χ3v) is 4.25. The quantitative estimate of drug-likeness (QED) is 0.588. The van der Waals surface area contributed by atoms with Gasteiger partial charge in [0.1, 0.15) is 0 Å². The summed E-state index contributed by atoms with van der Waals surface area (Å²) in [6, 6.07) is 0. The van der Waals surface area contributed by atoms with Gasteiger partial charge in [0.15, 0.2) is 0 Å². The van der Waals surface area contributed by atoms with E-state index in [4.69, 9.17) is 0 Å². The molecular weight excluding hydrogens is 144 g/mol. The summed E-state index contributed by atoms with van der Waals surface area (Å²) in [6.45, 7) is 9.62. The van der Waals surface area contributed by atoms with Gasteiger partial charge in [-0.3, -0.25) is 0 Å². The normalized spacial score (nSPS) is 45.5. The van der Waals surface area contributed by atoms with E-state index in [1.54, 1.807) is 6.42 Å². The Hall–Kier alpha value is 0. The largest absolute Gasteiger partial charge is 0.0625 e. The lowest BCUT2D eigenvalue weighted by Gasteiger charge is -2.21. The fourth-order valence-corrected chi connectivity index (χ4v) is 3.42. The Morgan fingerprint density at radius 1 is 0.750 bits per heavy atom. The van der Waals surface area contributed by atoms with Crippen LogP contribution in [0.5, 0.6) is 0 Å². The molecule has 2 aliphatic rings. The first kappa shape index (κ1) is 8.59. The molecule has 0 aromatic carbocycles. The average molecular weight is 166 g/mol. The molecule has 0 amide bonds. The van der Waals surface area contributed by atoms with E-state index in [2.05, 4.69) is 27.7 Å². The van der Waals surface area contributed by atoms with Gasteiger partial charge in [0.25, 0.3) is 0 Å². The Bertz CT molecular complexity index is 151. The van der Waals surface area contributed by atoms with Crippen molar-refractivity contribution in [2.24, 2.45) is 35.5 Å². The first-order chi connectivity index (χ1) is 5.61. The Kier molecular flexibility index (Phi) is 1.97. The molecule has 2 aliphatic carbocycles. The monoisotopic (exact) mass is 166 g/mol. The SMILES string of the molecule is CC(C)C1CC(C(C)C)C2CC12. The molecule has 0 heterocycles. The molecule has 0 spiro atoms. The molecule has 4 atom stereocenters. The molecule has 0 N–H and O–H groups in total. The van der Waals surface area contributed by atoms with Crippen LogP contribution in [0, 0.1) is 35.5 Å². The molecule has 4 unspecified atom stereocenters. The lowest BCUT2D eigenvalue weighted by molar-refractivity contribution is 0.286. The van der Waals surface area contributed by atoms with Crippen LogP contribution in [0.25, 0.3) is 0 Å². The summed E-state index contributed by atoms with van der Waals surface area (Å²) >= 11 is 0. The van der Waals surface area contributed by atoms with Gasteiger partial charge in [-0.05, 0) is 48.3 Å². The summed E-state index contributed by atoms with van der Waals surface area (Å²) in [4.78, 5) is 0. The van der Waals surface area contributed by atoms with Crippen molar-refractivity contribution >= 4 is 0 Å². The predicted octanol–water partition coefficient (Wildman–Crippen LogP) is 3.57. The standard InChI is InChI=1S/C12H22/c1-7(2)9-5-10(8(3)4)12-6-11(9)12/h7-12H,5-6H2,1-4H3. The Labute approximate surface area is 76.7 Å². The van der Waals surface area contributed by atoms with E-state index >= 15 is 0 Å². The maximum atomic E-state index is 2.41. The maximum absolute atomic E-state index is 2.41. The van der Waals surface area contributed by atoms with Crippen molar-refractivity contribution in [2.45, 2.75) is 40.5 Å². The van der Waals surface area contributed by atoms with Crippen molar-refractivity contribution in [1.82, 2.24) is 0 Å². The zero-order chi connectivity index (χ0) is 8.88. The lowest BCUT2D eigenvalue weighted by atomic mass is 9.84. The van der Waals surface area contributed by atoms with Crippen molar-refractivity contribution in [3.05, 3.63) is 0 Å². The molecular formula is C12H22. The molecule has 0 aromatic heterocycles. The van der Waals surface area contributed by atoms with E-state index < -0.39 is 0 Å². The van der Waals surface area contributed by atoms with E-state index in [0.717, 1.165) is 35.5 Å². The summed E-state index contributed by atoms with van der Waals surface area (Å²) in [5.41, 5.74) is 0. The Balaban J connectivity index is 2.00. The summed E-state index contributed by atoms with van der Waals surface area (Å²) in [5, 5.41) is 0. The van der Waals surface area contributed by atoms with E-state index in [-0.39, 0.29) is 0 Å². The Morgan fingerprint density at radius 2 is 1.17 bits per heavy atom. The van der Waals surface area contributed by atoms with E-state index in [1.807, 2.05) is 0 Å². The highest BCUT2D eigenvalue weighted by molar-refractivity contribution is 5.03. The van der Waals surface area contributed by atoms with Crippen LogP contribution in [-0.2, 0) is 0 Å². The van der Waals surface area contributed by atoms with Gasteiger partial charge in [-0.1, -0.05) is 27.7 Å². The molecule has 2 fully saturated rings. The van der Waals surface area contributed by atoms with Crippen LogP contribution in [0.15, 0.2) is 0 Å². The van der Waals surface area contributed by atoms with E-state index in [9.17, 15) is 0 Å². The molecule has 0 nitrogen and oxygen atoms in total. The molecule has 0 saturated heterocycles. The second-order valence-electron chi connectivity index (χ2n) is 5.61. The summed E-state index contributed by atoms with van der Waals surface area (Å²) in [7, 11) is 0. The van der Waals surface area contributed by atoms with Crippen LogP contribution in [0.2, 0.25) is 0 Å². The zero-order valence-corrected chi connectivity index (χ0v) is 8.88. The molecule has 12 heavy (non-hydrogen) atoms. The van der Waals surface area contributed by atoms with Crippen LogP contribution >= 0.6 is 0 Å². The molecule has 0 aromatic rings. The van der Waals surface area contributed by atoms with Gasteiger partial charge in [-0.25, -0.2) is 0 Å². The van der Waals surface area contributed by atoms with E-state index in [1.165, 1.54) is 6.42 Å². The van der Waals surface area contributed by atoms with Gasteiger partial charge in [0, 0.05) is 0 Å². The molecule has 70 valence electrons. The second-order valence-corrected chi connectivity index (χ2v) is 5.61. The minimum absolute atomic E-state index is 0.934. The third-order valence-electron chi connectivity index (χ3n) is 4.25. The van der Waals surface area contributed by atoms with Gasteiger partial charge in [0.2, 0.25) is 0 Å². The number of hydrogen-bond donors (Lipinski definition) is 0.